The first kappa shape index (κ1) is 12.9. The second kappa shape index (κ2) is 5.40. The third-order valence-corrected chi connectivity index (χ3v) is 3.41. The minimum Gasteiger partial charge on any atom is -0.507 e. The number of hydrogen-bond acceptors (Lipinski definition) is 4. The van der Waals surface area contributed by atoms with Crippen LogP contribution < -0.4 is 4.74 Å². The molecule has 4 nitrogen and oxygen atoms in total. The van der Waals surface area contributed by atoms with Gasteiger partial charge in [-0.1, -0.05) is 6.07 Å². The number of rotatable bonds is 3. The van der Waals surface area contributed by atoms with E-state index in [1.165, 1.54) is 6.42 Å². The van der Waals surface area contributed by atoms with Crippen LogP contribution in [0.2, 0.25) is 0 Å². The summed E-state index contributed by atoms with van der Waals surface area (Å²) >= 11 is 0. The molecule has 0 aliphatic carbocycles. The lowest BCUT2D eigenvalue weighted by Gasteiger charge is -2.17. The van der Waals surface area contributed by atoms with Crippen molar-refractivity contribution in [1.29, 1.82) is 0 Å². The van der Waals surface area contributed by atoms with Crippen molar-refractivity contribution in [3.05, 3.63) is 23.8 Å². The highest BCUT2D eigenvalue weighted by Gasteiger charge is 2.21. The molecule has 1 atom stereocenters. The number of aromatic hydroxyl groups is 1. The summed E-state index contributed by atoms with van der Waals surface area (Å²) in [6.45, 7) is 3.00. The number of hydrogen-bond donors (Lipinski definition) is 1. The van der Waals surface area contributed by atoms with E-state index in [-0.39, 0.29) is 11.9 Å². The Hall–Kier alpha value is -1.55. The molecule has 1 aliphatic heterocycles. The third kappa shape index (κ3) is 2.48. The Morgan fingerprint density at radius 1 is 1.50 bits per heavy atom. The van der Waals surface area contributed by atoms with Crippen LogP contribution in [0.15, 0.2) is 23.2 Å². The minimum absolute atomic E-state index is 0.217. The molecule has 1 aromatic carbocycles. The fourth-order valence-electron chi connectivity index (χ4n) is 2.40. The molecule has 0 spiro atoms. The normalized spacial score (nSPS) is 21.3. The molecule has 18 heavy (non-hydrogen) atoms. The summed E-state index contributed by atoms with van der Waals surface area (Å²) in [5.74, 6) is 0.883. The monoisotopic (exact) mass is 248 g/mol. The molecule has 2 rings (SSSR count). The zero-order valence-electron chi connectivity index (χ0n) is 11.2. The van der Waals surface area contributed by atoms with Crippen molar-refractivity contribution in [2.75, 3.05) is 20.7 Å². The topological polar surface area (TPSA) is 45.1 Å². The smallest absolute Gasteiger partial charge is 0.131 e. The lowest BCUT2D eigenvalue weighted by Crippen LogP contribution is -2.24. The van der Waals surface area contributed by atoms with E-state index < -0.39 is 0 Å². The van der Waals surface area contributed by atoms with Crippen LogP contribution >= 0.6 is 0 Å². The molecular weight excluding hydrogens is 228 g/mol. The predicted octanol–water partition coefficient (Wildman–Crippen LogP) is 2.26. The van der Waals surface area contributed by atoms with Crippen molar-refractivity contribution in [2.45, 2.75) is 25.9 Å². The Labute approximate surface area is 108 Å². The molecule has 0 aromatic heterocycles. The molecule has 0 bridgehead atoms. The van der Waals surface area contributed by atoms with Gasteiger partial charge in [0.25, 0.3) is 0 Å². The van der Waals surface area contributed by atoms with Crippen LogP contribution in [-0.2, 0) is 0 Å². The van der Waals surface area contributed by atoms with Gasteiger partial charge in [-0.25, -0.2) is 0 Å². The molecule has 1 N–H and O–H groups in total. The van der Waals surface area contributed by atoms with E-state index >= 15 is 0 Å². The molecule has 0 radical (unpaired) electrons. The highest BCUT2D eigenvalue weighted by atomic mass is 16.5. The molecule has 1 aromatic rings. The van der Waals surface area contributed by atoms with Gasteiger partial charge in [-0.2, -0.15) is 0 Å². The number of phenolic OH excluding ortho intramolecular Hbond substituents is 1. The van der Waals surface area contributed by atoms with E-state index in [9.17, 15) is 5.11 Å². The van der Waals surface area contributed by atoms with Crippen LogP contribution in [0.5, 0.6) is 11.5 Å². The van der Waals surface area contributed by atoms with E-state index in [0.717, 1.165) is 18.7 Å². The van der Waals surface area contributed by atoms with Gasteiger partial charge in [0.05, 0.1) is 12.7 Å². The number of nitrogens with zero attached hydrogens (tertiary/aromatic N) is 2. The highest BCUT2D eigenvalue weighted by molar-refractivity contribution is 6.03. The zero-order chi connectivity index (χ0) is 13.1. The Kier molecular flexibility index (Phi) is 3.87. The molecule has 1 heterocycles. The molecule has 1 aliphatic rings. The van der Waals surface area contributed by atoms with Gasteiger partial charge in [0.2, 0.25) is 0 Å². The maximum absolute atomic E-state index is 9.96. The van der Waals surface area contributed by atoms with Gasteiger partial charge in [-0.05, 0) is 45.5 Å². The third-order valence-electron chi connectivity index (χ3n) is 3.41. The summed E-state index contributed by atoms with van der Waals surface area (Å²) in [5, 5.41) is 9.96. The molecule has 98 valence electrons. The fraction of sp³-hybridized carbons (Fsp3) is 0.500. The van der Waals surface area contributed by atoms with Crippen LogP contribution in [0.4, 0.5) is 0 Å². The number of aliphatic imine (C=N–C) groups is 1. The van der Waals surface area contributed by atoms with Crippen molar-refractivity contribution >= 4 is 5.71 Å². The Bertz CT molecular complexity index is 457. The first-order chi connectivity index (χ1) is 8.63. The number of methoxy groups -OCH3 is 1. The maximum atomic E-state index is 9.96. The Morgan fingerprint density at radius 3 is 2.89 bits per heavy atom. The summed E-state index contributed by atoms with van der Waals surface area (Å²) in [6, 6.07) is 5.27. The SMILES string of the molecule is COc1cccc(O)c1C(C)=NC1CCCN1C. The molecule has 0 saturated carbocycles. The van der Waals surface area contributed by atoms with Crippen molar-refractivity contribution < 1.29 is 9.84 Å². The Balaban J connectivity index is 2.33. The highest BCUT2D eigenvalue weighted by Crippen LogP contribution is 2.29. The van der Waals surface area contributed by atoms with Crippen molar-refractivity contribution in [1.82, 2.24) is 4.90 Å². The largest absolute Gasteiger partial charge is 0.507 e. The zero-order valence-corrected chi connectivity index (χ0v) is 11.2. The number of benzene rings is 1. The second-order valence-electron chi connectivity index (χ2n) is 4.67. The van der Waals surface area contributed by atoms with Crippen molar-refractivity contribution in [3.8, 4) is 11.5 Å². The number of phenols is 1. The molecule has 1 saturated heterocycles. The van der Waals surface area contributed by atoms with Gasteiger partial charge in [-0.3, -0.25) is 9.89 Å². The van der Waals surface area contributed by atoms with Gasteiger partial charge >= 0.3 is 0 Å². The van der Waals surface area contributed by atoms with Gasteiger partial charge in [0, 0.05) is 5.71 Å². The van der Waals surface area contributed by atoms with Gasteiger partial charge in [0.1, 0.15) is 17.7 Å². The van der Waals surface area contributed by atoms with E-state index in [0.29, 0.717) is 11.3 Å². The van der Waals surface area contributed by atoms with E-state index in [1.54, 1.807) is 19.2 Å². The first-order valence-electron chi connectivity index (χ1n) is 6.24. The van der Waals surface area contributed by atoms with Crippen molar-refractivity contribution in [2.24, 2.45) is 4.99 Å². The lowest BCUT2D eigenvalue weighted by molar-refractivity contribution is 0.320. The number of likely N-dealkylation sites (tertiary alicyclic amines) is 1. The fourth-order valence-corrected chi connectivity index (χ4v) is 2.40. The van der Waals surface area contributed by atoms with E-state index in [4.69, 9.17) is 9.73 Å². The first-order valence-corrected chi connectivity index (χ1v) is 6.24. The average molecular weight is 248 g/mol. The quantitative estimate of drug-likeness (QED) is 0.835. The van der Waals surface area contributed by atoms with Crippen LogP contribution in [0.3, 0.4) is 0 Å². The summed E-state index contributed by atoms with van der Waals surface area (Å²) in [7, 11) is 3.68. The molecule has 1 fully saturated rings. The van der Waals surface area contributed by atoms with Crippen LogP contribution in [0, 0.1) is 0 Å². The predicted molar refractivity (Wildman–Crippen MR) is 72.5 cm³/mol. The molecule has 1 unspecified atom stereocenters. The molecule has 0 amide bonds. The molecular formula is C14H20N2O2. The van der Waals surface area contributed by atoms with Crippen molar-refractivity contribution in [3.63, 3.8) is 0 Å². The minimum atomic E-state index is 0.217. The van der Waals surface area contributed by atoms with Gasteiger partial charge in [-0.15, -0.1) is 0 Å². The van der Waals surface area contributed by atoms with Gasteiger partial charge in [0.15, 0.2) is 0 Å². The summed E-state index contributed by atoms with van der Waals surface area (Å²) < 4.78 is 5.28. The lowest BCUT2D eigenvalue weighted by atomic mass is 10.1. The summed E-state index contributed by atoms with van der Waals surface area (Å²) in [4.78, 5) is 6.93. The maximum Gasteiger partial charge on any atom is 0.131 e. The van der Waals surface area contributed by atoms with E-state index in [1.807, 2.05) is 13.0 Å². The Morgan fingerprint density at radius 2 is 2.28 bits per heavy atom. The van der Waals surface area contributed by atoms with E-state index in [2.05, 4.69) is 11.9 Å². The van der Waals surface area contributed by atoms with Crippen LogP contribution in [0.25, 0.3) is 0 Å². The molecule has 4 heteroatoms. The van der Waals surface area contributed by atoms with Crippen LogP contribution in [-0.4, -0.2) is 42.6 Å². The van der Waals surface area contributed by atoms with Crippen LogP contribution in [0.1, 0.15) is 25.3 Å². The second-order valence-corrected chi connectivity index (χ2v) is 4.67. The summed E-state index contributed by atoms with van der Waals surface area (Å²) in [5.41, 5.74) is 1.52. The number of ether oxygens (including phenoxy) is 1. The van der Waals surface area contributed by atoms with Gasteiger partial charge < -0.3 is 9.84 Å². The average Bonchev–Trinajstić information content (AvgIpc) is 2.74. The summed E-state index contributed by atoms with van der Waals surface area (Å²) in [6.07, 6.45) is 2.47. The standard InChI is InChI=1S/C14H20N2O2/c1-10(15-13-8-5-9-16(13)2)14-11(17)6-4-7-12(14)18-3/h4,6-7,13,17H,5,8-9H2,1-3H3.